The molecule has 0 aliphatic rings. The standard InChI is InChI=1S/C14H13F3N2O/c1-9-10(8-18)6-7-13(19-9)20-12-5-3-2-4-11(12)14(15,16)17/h2-7H,8,18H2,1H3. The molecule has 0 bridgehead atoms. The Bertz CT molecular complexity index is 612. The van der Waals surface area contributed by atoms with Gasteiger partial charge in [-0.1, -0.05) is 18.2 Å². The quantitative estimate of drug-likeness (QED) is 0.934. The second kappa shape index (κ2) is 5.50. The molecule has 1 aromatic carbocycles. The maximum Gasteiger partial charge on any atom is 0.419 e. The van der Waals surface area contributed by atoms with E-state index in [0.29, 0.717) is 12.2 Å². The number of ether oxygens (including phenoxy) is 1. The molecule has 2 rings (SSSR count). The van der Waals surface area contributed by atoms with Crippen molar-refractivity contribution in [2.75, 3.05) is 0 Å². The fourth-order valence-electron chi connectivity index (χ4n) is 1.74. The Morgan fingerprint density at radius 1 is 1.15 bits per heavy atom. The summed E-state index contributed by atoms with van der Waals surface area (Å²) in [6.45, 7) is 2.04. The lowest BCUT2D eigenvalue weighted by atomic mass is 10.2. The third-order valence-corrected chi connectivity index (χ3v) is 2.80. The first kappa shape index (κ1) is 14.3. The van der Waals surface area contributed by atoms with E-state index in [2.05, 4.69) is 4.98 Å². The zero-order valence-corrected chi connectivity index (χ0v) is 10.7. The van der Waals surface area contributed by atoms with E-state index >= 15 is 0 Å². The summed E-state index contributed by atoms with van der Waals surface area (Å²) in [5.41, 5.74) is 6.13. The summed E-state index contributed by atoms with van der Waals surface area (Å²) in [5, 5.41) is 0. The van der Waals surface area contributed by atoms with Crippen LogP contribution in [0.25, 0.3) is 0 Å². The molecule has 1 aromatic heterocycles. The van der Waals surface area contributed by atoms with Gasteiger partial charge in [-0.2, -0.15) is 13.2 Å². The van der Waals surface area contributed by atoms with Gasteiger partial charge in [-0.3, -0.25) is 0 Å². The number of aromatic nitrogens is 1. The summed E-state index contributed by atoms with van der Waals surface area (Å²) >= 11 is 0. The normalized spacial score (nSPS) is 11.4. The van der Waals surface area contributed by atoms with Crippen molar-refractivity contribution in [3.05, 3.63) is 53.2 Å². The molecular weight excluding hydrogens is 269 g/mol. The van der Waals surface area contributed by atoms with Gasteiger partial charge in [0.25, 0.3) is 0 Å². The topological polar surface area (TPSA) is 48.1 Å². The van der Waals surface area contributed by atoms with Crippen molar-refractivity contribution in [2.45, 2.75) is 19.6 Å². The van der Waals surface area contributed by atoms with Gasteiger partial charge in [0.2, 0.25) is 5.88 Å². The van der Waals surface area contributed by atoms with Crippen LogP contribution < -0.4 is 10.5 Å². The largest absolute Gasteiger partial charge is 0.438 e. The van der Waals surface area contributed by atoms with Gasteiger partial charge in [0, 0.05) is 18.3 Å². The average Bonchev–Trinajstić information content (AvgIpc) is 2.38. The van der Waals surface area contributed by atoms with Gasteiger partial charge in [-0.05, 0) is 24.6 Å². The van der Waals surface area contributed by atoms with Crippen molar-refractivity contribution in [3.63, 3.8) is 0 Å². The van der Waals surface area contributed by atoms with Crippen LogP contribution in [0.4, 0.5) is 13.2 Å². The second-order valence-electron chi connectivity index (χ2n) is 4.19. The molecule has 20 heavy (non-hydrogen) atoms. The Balaban J connectivity index is 2.33. The number of benzene rings is 1. The van der Waals surface area contributed by atoms with Crippen molar-refractivity contribution < 1.29 is 17.9 Å². The van der Waals surface area contributed by atoms with Crippen molar-refractivity contribution >= 4 is 0 Å². The van der Waals surface area contributed by atoms with Gasteiger partial charge >= 0.3 is 6.18 Å². The summed E-state index contributed by atoms with van der Waals surface area (Å²) in [7, 11) is 0. The SMILES string of the molecule is Cc1nc(Oc2ccccc2C(F)(F)F)ccc1CN. The highest BCUT2D eigenvalue weighted by Crippen LogP contribution is 2.37. The number of pyridine rings is 1. The number of para-hydroxylation sites is 1. The molecule has 3 nitrogen and oxygen atoms in total. The summed E-state index contributed by atoms with van der Waals surface area (Å²) in [6, 6.07) is 8.21. The van der Waals surface area contributed by atoms with Crippen LogP contribution >= 0.6 is 0 Å². The molecule has 0 spiro atoms. The molecule has 106 valence electrons. The average molecular weight is 282 g/mol. The summed E-state index contributed by atoms with van der Waals surface area (Å²) in [4.78, 5) is 4.09. The number of rotatable bonds is 3. The minimum Gasteiger partial charge on any atom is -0.438 e. The lowest BCUT2D eigenvalue weighted by molar-refractivity contribution is -0.138. The third kappa shape index (κ3) is 3.08. The monoisotopic (exact) mass is 282 g/mol. The minimum absolute atomic E-state index is 0.108. The van der Waals surface area contributed by atoms with Crippen LogP contribution in [-0.2, 0) is 12.7 Å². The van der Waals surface area contributed by atoms with Crippen molar-refractivity contribution in [1.29, 1.82) is 0 Å². The van der Waals surface area contributed by atoms with E-state index in [0.717, 1.165) is 11.6 Å². The molecule has 2 N–H and O–H groups in total. The maximum atomic E-state index is 12.8. The van der Waals surface area contributed by atoms with Gasteiger partial charge in [-0.25, -0.2) is 4.98 Å². The third-order valence-electron chi connectivity index (χ3n) is 2.80. The van der Waals surface area contributed by atoms with Crippen LogP contribution in [0.1, 0.15) is 16.8 Å². The van der Waals surface area contributed by atoms with Crippen molar-refractivity contribution in [1.82, 2.24) is 4.98 Å². The van der Waals surface area contributed by atoms with Crippen LogP contribution in [0.15, 0.2) is 36.4 Å². The highest BCUT2D eigenvalue weighted by Gasteiger charge is 2.34. The van der Waals surface area contributed by atoms with E-state index < -0.39 is 11.7 Å². The van der Waals surface area contributed by atoms with Crippen molar-refractivity contribution in [3.8, 4) is 11.6 Å². The second-order valence-corrected chi connectivity index (χ2v) is 4.19. The van der Waals surface area contributed by atoms with Crippen molar-refractivity contribution in [2.24, 2.45) is 5.73 Å². The predicted molar refractivity (Wildman–Crippen MR) is 68.4 cm³/mol. The molecule has 2 aromatic rings. The lowest BCUT2D eigenvalue weighted by Gasteiger charge is -2.13. The van der Waals surface area contributed by atoms with Crippen LogP contribution in [0, 0.1) is 6.92 Å². The maximum absolute atomic E-state index is 12.8. The van der Waals surface area contributed by atoms with Crippen LogP contribution in [0.5, 0.6) is 11.6 Å². The number of halogens is 3. The smallest absolute Gasteiger partial charge is 0.419 e. The Morgan fingerprint density at radius 3 is 2.45 bits per heavy atom. The molecule has 0 saturated carbocycles. The van der Waals surface area contributed by atoms with Crippen LogP contribution in [0.2, 0.25) is 0 Å². The van der Waals surface area contributed by atoms with E-state index in [1.54, 1.807) is 13.0 Å². The minimum atomic E-state index is -4.47. The van der Waals surface area contributed by atoms with E-state index in [1.165, 1.54) is 24.3 Å². The number of hydrogen-bond acceptors (Lipinski definition) is 3. The van der Waals surface area contributed by atoms with Crippen LogP contribution in [0.3, 0.4) is 0 Å². The van der Waals surface area contributed by atoms with E-state index in [4.69, 9.17) is 10.5 Å². The highest BCUT2D eigenvalue weighted by molar-refractivity contribution is 5.38. The Morgan fingerprint density at radius 2 is 1.85 bits per heavy atom. The van der Waals surface area contributed by atoms with Gasteiger partial charge in [-0.15, -0.1) is 0 Å². The summed E-state index contributed by atoms with van der Waals surface area (Å²) < 4.78 is 43.7. The zero-order chi connectivity index (χ0) is 14.8. The molecule has 0 amide bonds. The fraction of sp³-hybridized carbons (Fsp3) is 0.214. The summed E-state index contributed by atoms with van der Waals surface area (Å²) in [5.74, 6) is -0.163. The Hall–Kier alpha value is -2.08. The molecular formula is C14H13F3N2O. The lowest BCUT2D eigenvalue weighted by Crippen LogP contribution is -2.07. The van der Waals surface area contributed by atoms with Gasteiger partial charge < -0.3 is 10.5 Å². The molecule has 0 aliphatic heterocycles. The highest BCUT2D eigenvalue weighted by atomic mass is 19.4. The molecule has 0 aliphatic carbocycles. The molecule has 0 unspecified atom stereocenters. The molecule has 0 atom stereocenters. The predicted octanol–water partition coefficient (Wildman–Crippen LogP) is 3.66. The summed E-state index contributed by atoms with van der Waals surface area (Å²) in [6.07, 6.45) is -4.47. The van der Waals surface area contributed by atoms with Gasteiger partial charge in [0.05, 0.1) is 5.56 Å². The Labute approximate surface area is 114 Å². The molecule has 0 fully saturated rings. The molecule has 0 radical (unpaired) electrons. The first-order chi connectivity index (χ1) is 9.41. The number of alkyl halides is 3. The molecule has 6 heteroatoms. The van der Waals surface area contributed by atoms with Gasteiger partial charge in [0.1, 0.15) is 5.75 Å². The van der Waals surface area contributed by atoms with E-state index in [9.17, 15) is 13.2 Å². The first-order valence-electron chi connectivity index (χ1n) is 5.92. The molecule has 1 heterocycles. The van der Waals surface area contributed by atoms with E-state index in [1.807, 2.05) is 0 Å². The van der Waals surface area contributed by atoms with Gasteiger partial charge in [0.15, 0.2) is 0 Å². The number of nitrogens with zero attached hydrogens (tertiary/aromatic N) is 1. The number of aryl methyl sites for hydroxylation is 1. The fourth-order valence-corrected chi connectivity index (χ4v) is 1.74. The zero-order valence-electron chi connectivity index (χ0n) is 10.7. The Kier molecular flexibility index (Phi) is 3.94. The molecule has 0 saturated heterocycles. The number of nitrogens with two attached hydrogens (primary N) is 1. The number of hydrogen-bond donors (Lipinski definition) is 1. The van der Waals surface area contributed by atoms with Crippen LogP contribution in [-0.4, -0.2) is 4.98 Å². The van der Waals surface area contributed by atoms with E-state index in [-0.39, 0.29) is 11.6 Å². The first-order valence-corrected chi connectivity index (χ1v) is 5.92.